The second-order valence-electron chi connectivity index (χ2n) is 9.20. The highest BCUT2D eigenvalue weighted by atomic mass is 16.2. The zero-order valence-electron chi connectivity index (χ0n) is 18.8. The maximum Gasteiger partial charge on any atom is 0.223 e. The van der Waals surface area contributed by atoms with Gasteiger partial charge in [0.2, 0.25) is 11.8 Å². The lowest BCUT2D eigenvalue weighted by Crippen LogP contribution is -2.31. The van der Waals surface area contributed by atoms with E-state index in [9.17, 15) is 9.59 Å². The molecule has 162 valence electrons. The Morgan fingerprint density at radius 1 is 1.10 bits per heavy atom. The van der Waals surface area contributed by atoms with Gasteiger partial charge in [0.05, 0.1) is 0 Å². The van der Waals surface area contributed by atoms with Crippen molar-refractivity contribution in [1.29, 1.82) is 0 Å². The number of carbonyl (C=O) groups excluding carboxylic acids is 2. The summed E-state index contributed by atoms with van der Waals surface area (Å²) in [5.74, 6) is 0.496. The van der Waals surface area contributed by atoms with Crippen LogP contribution in [0.4, 0.5) is 0 Å². The van der Waals surface area contributed by atoms with E-state index in [-0.39, 0.29) is 17.2 Å². The molecule has 0 saturated heterocycles. The molecule has 0 aromatic carbocycles. The fourth-order valence-electron chi connectivity index (χ4n) is 3.39. The highest BCUT2D eigenvalue weighted by molar-refractivity contribution is 5.76. The van der Waals surface area contributed by atoms with Crippen LogP contribution in [0.25, 0.3) is 0 Å². The number of carbonyl (C=O) groups is 2. The van der Waals surface area contributed by atoms with Crippen molar-refractivity contribution in [3.05, 3.63) is 59.7 Å². The molecule has 0 radical (unpaired) electrons. The fourth-order valence-corrected chi connectivity index (χ4v) is 3.39. The van der Waals surface area contributed by atoms with Crippen LogP contribution in [0.15, 0.2) is 43.0 Å². The minimum Gasteiger partial charge on any atom is -0.352 e. The molecule has 1 N–H and O–H groups in total. The molecular formula is C24H34N4O2. The summed E-state index contributed by atoms with van der Waals surface area (Å²) in [6.07, 6.45) is 8.83. The molecule has 30 heavy (non-hydrogen) atoms. The molecule has 2 amide bonds. The molecule has 0 aliphatic carbocycles. The largest absolute Gasteiger partial charge is 0.352 e. The molecule has 0 saturated carbocycles. The van der Waals surface area contributed by atoms with Crippen molar-refractivity contribution >= 4 is 11.8 Å². The third-order valence-electron chi connectivity index (χ3n) is 4.82. The van der Waals surface area contributed by atoms with Gasteiger partial charge in [-0.15, -0.1) is 0 Å². The minimum atomic E-state index is -0.207. The summed E-state index contributed by atoms with van der Waals surface area (Å²) in [4.78, 5) is 34.8. The molecule has 0 atom stereocenters. The van der Waals surface area contributed by atoms with Crippen molar-refractivity contribution in [2.24, 2.45) is 11.3 Å². The summed E-state index contributed by atoms with van der Waals surface area (Å²) in [5.41, 5.74) is 2.85. The summed E-state index contributed by atoms with van der Waals surface area (Å²) in [5, 5.41) is 2.95. The summed E-state index contributed by atoms with van der Waals surface area (Å²) < 4.78 is 0. The van der Waals surface area contributed by atoms with E-state index in [4.69, 9.17) is 0 Å². The second-order valence-corrected chi connectivity index (χ2v) is 9.20. The van der Waals surface area contributed by atoms with Gasteiger partial charge in [-0.3, -0.25) is 19.6 Å². The van der Waals surface area contributed by atoms with Gasteiger partial charge >= 0.3 is 0 Å². The van der Waals surface area contributed by atoms with Crippen LogP contribution in [-0.2, 0) is 29.1 Å². The predicted octanol–water partition coefficient (Wildman–Crippen LogP) is 3.76. The van der Waals surface area contributed by atoms with Crippen molar-refractivity contribution in [3.8, 4) is 0 Å². The summed E-state index contributed by atoms with van der Waals surface area (Å²) in [7, 11) is 1.83. The van der Waals surface area contributed by atoms with Gasteiger partial charge in [0.1, 0.15) is 0 Å². The van der Waals surface area contributed by atoms with Crippen molar-refractivity contribution in [2.75, 3.05) is 7.05 Å². The van der Waals surface area contributed by atoms with Gasteiger partial charge in [-0.05, 0) is 40.5 Å². The first kappa shape index (κ1) is 23.5. The minimum absolute atomic E-state index is 0.0537. The SMILES string of the molecule is CC(C)CC(=O)NCc1cncc(CC(C)(C)CC(=O)N(C)Cc2cccnc2)c1. The van der Waals surface area contributed by atoms with E-state index in [2.05, 4.69) is 35.2 Å². The summed E-state index contributed by atoms with van der Waals surface area (Å²) >= 11 is 0. The Morgan fingerprint density at radius 3 is 2.47 bits per heavy atom. The number of rotatable bonds is 10. The third-order valence-corrected chi connectivity index (χ3v) is 4.82. The van der Waals surface area contributed by atoms with Crippen molar-refractivity contribution in [2.45, 2.75) is 60.0 Å². The zero-order chi connectivity index (χ0) is 22.1. The van der Waals surface area contributed by atoms with E-state index in [1.807, 2.05) is 39.2 Å². The lowest BCUT2D eigenvalue weighted by Gasteiger charge is -2.27. The molecule has 0 fully saturated rings. The molecule has 6 heteroatoms. The quantitative estimate of drug-likeness (QED) is 0.647. The number of hydrogen-bond donors (Lipinski definition) is 1. The van der Waals surface area contributed by atoms with Crippen molar-refractivity contribution < 1.29 is 9.59 Å². The number of nitrogens with zero attached hydrogens (tertiary/aromatic N) is 3. The van der Waals surface area contributed by atoms with Crippen LogP contribution < -0.4 is 5.32 Å². The first-order valence-electron chi connectivity index (χ1n) is 10.5. The molecule has 2 aromatic heterocycles. The molecule has 0 aliphatic heterocycles. The van der Waals surface area contributed by atoms with Gasteiger partial charge < -0.3 is 10.2 Å². The Morgan fingerprint density at radius 2 is 1.80 bits per heavy atom. The van der Waals surface area contributed by atoms with Gasteiger partial charge in [-0.1, -0.05) is 39.8 Å². The molecule has 2 aromatic rings. The van der Waals surface area contributed by atoms with E-state index in [0.29, 0.717) is 31.8 Å². The zero-order valence-corrected chi connectivity index (χ0v) is 18.8. The van der Waals surface area contributed by atoms with Crippen LogP contribution >= 0.6 is 0 Å². The number of aromatic nitrogens is 2. The van der Waals surface area contributed by atoms with Crippen LogP contribution in [0.1, 0.15) is 57.2 Å². The van der Waals surface area contributed by atoms with Crippen molar-refractivity contribution in [1.82, 2.24) is 20.2 Å². The van der Waals surface area contributed by atoms with Crippen LogP contribution in [0, 0.1) is 11.3 Å². The molecule has 2 heterocycles. The molecule has 6 nitrogen and oxygen atoms in total. The topological polar surface area (TPSA) is 75.2 Å². The fraction of sp³-hybridized carbons (Fsp3) is 0.500. The standard InChI is InChI=1S/C24H34N4O2/c1-18(2)9-22(29)27-16-21-10-20(14-26-15-21)11-24(3,4)12-23(30)28(5)17-19-7-6-8-25-13-19/h6-8,10,13-15,18H,9,11-12,16-17H2,1-5H3,(H,27,29). The predicted molar refractivity (Wildman–Crippen MR) is 118 cm³/mol. The van der Waals surface area contributed by atoms with Crippen LogP contribution in [0.3, 0.4) is 0 Å². The average molecular weight is 411 g/mol. The van der Waals surface area contributed by atoms with Crippen LogP contribution in [0.2, 0.25) is 0 Å². The number of hydrogen-bond acceptors (Lipinski definition) is 4. The van der Waals surface area contributed by atoms with Gasteiger partial charge in [-0.25, -0.2) is 0 Å². The van der Waals surface area contributed by atoms with Gasteiger partial charge in [0, 0.05) is 57.8 Å². The van der Waals surface area contributed by atoms with E-state index in [1.54, 1.807) is 23.5 Å². The summed E-state index contributed by atoms with van der Waals surface area (Å²) in [6, 6.07) is 5.91. The van der Waals surface area contributed by atoms with Gasteiger partial charge in [-0.2, -0.15) is 0 Å². The average Bonchev–Trinajstić information content (AvgIpc) is 2.66. The highest BCUT2D eigenvalue weighted by Gasteiger charge is 2.25. The molecule has 2 rings (SSSR count). The van der Waals surface area contributed by atoms with E-state index >= 15 is 0 Å². The first-order valence-corrected chi connectivity index (χ1v) is 10.5. The molecular weight excluding hydrogens is 376 g/mol. The lowest BCUT2D eigenvalue weighted by atomic mass is 9.82. The maximum atomic E-state index is 12.7. The normalized spacial score (nSPS) is 11.4. The van der Waals surface area contributed by atoms with E-state index in [0.717, 1.165) is 23.1 Å². The Hall–Kier alpha value is -2.76. The van der Waals surface area contributed by atoms with Crippen molar-refractivity contribution in [3.63, 3.8) is 0 Å². The number of amides is 2. The molecule has 0 unspecified atom stereocenters. The Balaban J connectivity index is 1.91. The molecule has 0 bridgehead atoms. The number of pyridine rings is 2. The van der Waals surface area contributed by atoms with Crippen LogP contribution in [-0.4, -0.2) is 33.7 Å². The molecule has 0 aliphatic rings. The Kier molecular flexibility index (Phi) is 8.51. The Bertz CT molecular complexity index is 834. The Labute approximate surface area is 180 Å². The van der Waals surface area contributed by atoms with Gasteiger partial charge in [0.15, 0.2) is 0 Å². The number of nitrogens with one attached hydrogen (secondary N) is 1. The van der Waals surface area contributed by atoms with E-state index < -0.39 is 0 Å². The third kappa shape index (κ3) is 8.31. The molecule has 0 spiro atoms. The second kappa shape index (κ2) is 10.9. The monoisotopic (exact) mass is 410 g/mol. The first-order chi connectivity index (χ1) is 14.1. The highest BCUT2D eigenvalue weighted by Crippen LogP contribution is 2.27. The smallest absolute Gasteiger partial charge is 0.223 e. The van der Waals surface area contributed by atoms with Crippen LogP contribution in [0.5, 0.6) is 0 Å². The maximum absolute atomic E-state index is 12.7. The summed E-state index contributed by atoms with van der Waals surface area (Å²) in [6.45, 7) is 9.27. The van der Waals surface area contributed by atoms with E-state index in [1.165, 1.54) is 0 Å². The van der Waals surface area contributed by atoms with Gasteiger partial charge in [0.25, 0.3) is 0 Å². The lowest BCUT2D eigenvalue weighted by molar-refractivity contribution is -0.132.